The zero-order valence-electron chi connectivity index (χ0n) is 17.8. The van der Waals surface area contributed by atoms with Crippen LogP contribution in [0, 0.1) is 0 Å². The lowest BCUT2D eigenvalue weighted by Gasteiger charge is -2.46. The predicted octanol–water partition coefficient (Wildman–Crippen LogP) is 6.92. The van der Waals surface area contributed by atoms with E-state index in [4.69, 9.17) is 21.8 Å². The summed E-state index contributed by atoms with van der Waals surface area (Å²) < 4.78 is 1.03. The number of halogens is 2. The van der Waals surface area contributed by atoms with Gasteiger partial charge in [-0.25, -0.2) is 10.0 Å². The van der Waals surface area contributed by atoms with Gasteiger partial charge >= 0.3 is 0 Å². The molecule has 1 atom stereocenters. The second-order valence-corrected chi connectivity index (χ2v) is 10.4. The van der Waals surface area contributed by atoms with Crippen molar-refractivity contribution in [1.82, 2.24) is 0 Å². The van der Waals surface area contributed by atoms with Gasteiger partial charge in [0, 0.05) is 22.8 Å². The van der Waals surface area contributed by atoms with Crippen molar-refractivity contribution in [3.63, 3.8) is 0 Å². The number of carbonyl (C=O) groups is 1. The van der Waals surface area contributed by atoms with E-state index in [1.54, 1.807) is 6.92 Å². The summed E-state index contributed by atoms with van der Waals surface area (Å²) in [6, 6.07) is 25.7. The van der Waals surface area contributed by atoms with Gasteiger partial charge in [0.1, 0.15) is 0 Å². The number of benzene rings is 3. The van der Waals surface area contributed by atoms with Crippen molar-refractivity contribution in [1.29, 1.82) is 0 Å². The summed E-state index contributed by atoms with van der Waals surface area (Å²) in [6.45, 7) is 1.55. The van der Waals surface area contributed by atoms with Gasteiger partial charge in [0.25, 0.3) is 0 Å². The third kappa shape index (κ3) is 4.21. The fourth-order valence-corrected chi connectivity index (χ4v) is 5.69. The Bertz CT molecular complexity index is 1260. The SMILES string of the molecule is CC(=O)C1=NN(c2cccc(Cl)c2)[C@@]2(CCC(c3ccc(Br)cc3)=NN2c2ccccc2)S1. The quantitative estimate of drug-likeness (QED) is 0.361. The van der Waals surface area contributed by atoms with Crippen molar-refractivity contribution in [2.45, 2.75) is 24.8 Å². The van der Waals surface area contributed by atoms with Gasteiger partial charge in [0.2, 0.25) is 4.99 Å². The third-order valence-corrected chi connectivity index (χ3v) is 7.76. The first-order valence-corrected chi connectivity index (χ1v) is 12.5. The summed E-state index contributed by atoms with van der Waals surface area (Å²) in [5, 5.41) is 14.8. The topological polar surface area (TPSA) is 48.3 Å². The lowest BCUT2D eigenvalue weighted by atomic mass is 10.0. The van der Waals surface area contributed by atoms with Crippen LogP contribution < -0.4 is 10.0 Å². The average Bonchev–Trinajstić information content (AvgIpc) is 3.21. The molecule has 2 heterocycles. The highest BCUT2D eigenvalue weighted by molar-refractivity contribution is 9.10. The molecule has 0 N–H and O–H groups in total. The first-order chi connectivity index (χ1) is 16.0. The molecule has 0 saturated carbocycles. The molecule has 1 spiro atoms. The van der Waals surface area contributed by atoms with E-state index in [1.807, 2.05) is 76.7 Å². The summed E-state index contributed by atoms with van der Waals surface area (Å²) in [4.78, 5) is 11.7. The number of Topliss-reactive ketones (excluding diaryl/α,β-unsaturated/α-hetero) is 1. The molecule has 3 aromatic rings. The minimum Gasteiger partial charge on any atom is -0.292 e. The Kier molecular flexibility index (Phi) is 6.03. The van der Waals surface area contributed by atoms with Crippen LogP contribution in [0.25, 0.3) is 0 Å². The van der Waals surface area contributed by atoms with Crippen molar-refractivity contribution in [2.75, 3.05) is 10.0 Å². The third-order valence-electron chi connectivity index (χ3n) is 5.55. The Balaban J connectivity index is 1.67. The van der Waals surface area contributed by atoms with Crippen LogP contribution in [0.5, 0.6) is 0 Å². The largest absolute Gasteiger partial charge is 0.292 e. The molecule has 0 saturated heterocycles. The first kappa shape index (κ1) is 22.2. The molecule has 166 valence electrons. The highest BCUT2D eigenvalue weighted by Crippen LogP contribution is 2.50. The molecule has 0 aromatic heterocycles. The van der Waals surface area contributed by atoms with Crippen molar-refractivity contribution in [3.8, 4) is 0 Å². The highest BCUT2D eigenvalue weighted by atomic mass is 79.9. The average molecular weight is 540 g/mol. The van der Waals surface area contributed by atoms with Crippen molar-refractivity contribution >= 4 is 67.2 Å². The van der Waals surface area contributed by atoms with Gasteiger partial charge in [-0.15, -0.1) is 0 Å². The molecular weight excluding hydrogens is 520 g/mol. The number of ketones is 1. The van der Waals surface area contributed by atoms with Crippen molar-refractivity contribution < 1.29 is 4.79 Å². The van der Waals surface area contributed by atoms with Crippen LogP contribution in [-0.2, 0) is 4.79 Å². The molecule has 0 fully saturated rings. The number of para-hydroxylation sites is 1. The van der Waals surface area contributed by atoms with E-state index in [-0.39, 0.29) is 5.78 Å². The second kappa shape index (κ2) is 8.97. The number of thioether (sulfide) groups is 1. The Morgan fingerprint density at radius 2 is 1.67 bits per heavy atom. The van der Waals surface area contributed by atoms with Crippen LogP contribution in [0.3, 0.4) is 0 Å². The van der Waals surface area contributed by atoms with Crippen molar-refractivity contribution in [3.05, 3.63) is 93.9 Å². The van der Waals surface area contributed by atoms with Gasteiger partial charge in [-0.3, -0.25) is 4.79 Å². The summed E-state index contributed by atoms with van der Waals surface area (Å²) >= 11 is 11.3. The zero-order valence-corrected chi connectivity index (χ0v) is 20.9. The normalized spacial score (nSPS) is 20.1. The van der Waals surface area contributed by atoms with Crippen LogP contribution in [0.1, 0.15) is 25.3 Å². The number of carbonyl (C=O) groups excluding carboxylic acids is 1. The zero-order chi connectivity index (χ0) is 23.0. The summed E-state index contributed by atoms with van der Waals surface area (Å²) in [6.07, 6.45) is 1.43. The Labute approximate surface area is 210 Å². The molecule has 8 heteroatoms. The monoisotopic (exact) mass is 538 g/mol. The van der Waals surface area contributed by atoms with Gasteiger partial charge in [-0.05, 0) is 66.2 Å². The maximum absolute atomic E-state index is 12.4. The van der Waals surface area contributed by atoms with Crippen LogP contribution in [-0.4, -0.2) is 21.5 Å². The van der Waals surface area contributed by atoms with Crippen LogP contribution in [0.4, 0.5) is 11.4 Å². The highest BCUT2D eigenvalue weighted by Gasteiger charge is 2.52. The molecule has 0 amide bonds. The van der Waals surface area contributed by atoms with E-state index >= 15 is 0 Å². The lowest BCUT2D eigenvalue weighted by Crippen LogP contribution is -2.56. The molecule has 2 aliphatic heterocycles. The fourth-order valence-electron chi connectivity index (χ4n) is 4.00. The number of hydrazone groups is 2. The van der Waals surface area contributed by atoms with E-state index in [1.165, 1.54) is 11.8 Å². The van der Waals surface area contributed by atoms with E-state index in [2.05, 4.69) is 28.1 Å². The second-order valence-electron chi connectivity index (χ2n) is 7.80. The minimum atomic E-state index is -0.730. The van der Waals surface area contributed by atoms with Gasteiger partial charge in [0.15, 0.2) is 10.8 Å². The van der Waals surface area contributed by atoms with Crippen LogP contribution >= 0.6 is 39.3 Å². The standard InChI is InChI=1S/C25H20BrClN4OS/c1-17(32)24-29-31(22-9-5-6-20(27)16-22)25(33-24)15-14-23(18-10-12-19(26)13-11-18)28-30(25)21-7-3-2-4-8-21/h2-13,16H,14-15H2,1H3/t25-/m0/s1. The predicted molar refractivity (Wildman–Crippen MR) is 141 cm³/mol. The molecule has 3 aromatic carbocycles. The minimum absolute atomic E-state index is 0.0698. The number of rotatable bonds is 4. The summed E-state index contributed by atoms with van der Waals surface area (Å²) in [5.74, 6) is -0.0698. The number of hydrogen-bond acceptors (Lipinski definition) is 6. The molecule has 0 radical (unpaired) electrons. The van der Waals surface area contributed by atoms with Gasteiger partial charge < -0.3 is 0 Å². The van der Waals surface area contributed by atoms with E-state index < -0.39 is 4.99 Å². The molecule has 5 nitrogen and oxygen atoms in total. The Morgan fingerprint density at radius 3 is 2.36 bits per heavy atom. The van der Waals surface area contributed by atoms with Crippen molar-refractivity contribution in [2.24, 2.45) is 10.2 Å². The molecule has 5 rings (SSSR count). The van der Waals surface area contributed by atoms with E-state index in [0.29, 0.717) is 16.5 Å². The fraction of sp³-hybridized carbons (Fsp3) is 0.160. The smallest absolute Gasteiger partial charge is 0.208 e. The molecule has 0 unspecified atom stereocenters. The lowest BCUT2D eigenvalue weighted by molar-refractivity contribution is -0.110. The summed E-state index contributed by atoms with van der Waals surface area (Å²) in [7, 11) is 0. The number of hydrogen-bond donors (Lipinski definition) is 0. The van der Waals surface area contributed by atoms with Gasteiger partial charge in [-0.2, -0.15) is 10.2 Å². The maximum Gasteiger partial charge on any atom is 0.208 e. The molecule has 33 heavy (non-hydrogen) atoms. The maximum atomic E-state index is 12.4. The Hall–Kier alpha value is -2.61. The number of nitrogens with zero attached hydrogens (tertiary/aromatic N) is 4. The first-order valence-electron chi connectivity index (χ1n) is 10.5. The van der Waals surface area contributed by atoms with E-state index in [0.717, 1.165) is 33.5 Å². The molecule has 0 bridgehead atoms. The Morgan fingerprint density at radius 1 is 0.970 bits per heavy atom. The molecule has 2 aliphatic rings. The molecule has 0 aliphatic carbocycles. The van der Waals surface area contributed by atoms with E-state index in [9.17, 15) is 4.79 Å². The molecular formula is C25H20BrClN4OS. The van der Waals surface area contributed by atoms with Gasteiger partial charge in [0.05, 0.1) is 17.1 Å². The van der Waals surface area contributed by atoms with Crippen LogP contribution in [0.2, 0.25) is 5.02 Å². The number of anilines is 2. The van der Waals surface area contributed by atoms with Gasteiger partial charge in [-0.1, -0.05) is 63.9 Å². The summed E-state index contributed by atoms with van der Waals surface area (Å²) in [5.41, 5.74) is 3.79. The van der Waals surface area contributed by atoms with Crippen LogP contribution in [0.15, 0.2) is 93.5 Å².